The van der Waals surface area contributed by atoms with Crippen molar-refractivity contribution >= 4 is 85.5 Å². The molecule has 0 fully saturated rings. The van der Waals surface area contributed by atoms with Crippen molar-refractivity contribution in [2.75, 3.05) is 15.1 Å². The van der Waals surface area contributed by atoms with Crippen molar-refractivity contribution in [1.29, 1.82) is 0 Å². The highest BCUT2D eigenvalue weighted by atomic mass is 15.2. The molecule has 5 heteroatoms. The predicted molar refractivity (Wildman–Crippen MR) is 252 cm³/mol. The smallest absolute Gasteiger partial charge is 0.198 e. The number of benzene rings is 9. The molecule has 0 saturated carbocycles. The lowest BCUT2D eigenvalue weighted by molar-refractivity contribution is 1.18. The van der Waals surface area contributed by atoms with E-state index in [9.17, 15) is 0 Å². The molecule has 9 aromatic carbocycles. The number of hydrogen-bond acceptors (Lipinski definition) is 3. The van der Waals surface area contributed by atoms with Crippen LogP contribution in [-0.4, -0.2) is 11.8 Å². The number of nitrogens with one attached hydrogen (secondary N) is 1. The zero-order valence-electron chi connectivity index (χ0n) is 32.4. The summed E-state index contributed by atoms with van der Waals surface area (Å²) in [5.41, 5.74) is 17.2. The maximum absolute atomic E-state index is 3.86. The van der Waals surface area contributed by atoms with Gasteiger partial charge in [0.1, 0.15) is 0 Å². The van der Waals surface area contributed by atoms with Crippen LogP contribution in [0.2, 0.25) is 0 Å². The van der Waals surface area contributed by atoms with Gasteiger partial charge in [0.05, 0.1) is 5.52 Å². The van der Waals surface area contributed by atoms with Gasteiger partial charge in [-0.05, 0) is 108 Å². The number of para-hydroxylation sites is 7. The third-order valence-corrected chi connectivity index (χ3v) is 11.5. The number of fused-ring (bicyclic) bond motifs is 5. The fraction of sp³-hybridized carbons (Fsp3) is 0. The first-order valence-corrected chi connectivity index (χ1v) is 20.2. The van der Waals surface area contributed by atoms with Gasteiger partial charge in [0, 0.05) is 73.0 Å². The van der Waals surface area contributed by atoms with E-state index in [2.05, 4.69) is 244 Å². The fourth-order valence-corrected chi connectivity index (χ4v) is 8.95. The van der Waals surface area contributed by atoms with Crippen LogP contribution in [0.3, 0.4) is 0 Å². The monoisotopic (exact) mass is 754 g/mol. The van der Waals surface area contributed by atoms with Crippen molar-refractivity contribution in [3.8, 4) is 16.8 Å². The average Bonchev–Trinajstić information content (AvgIpc) is 3.65. The van der Waals surface area contributed by atoms with E-state index in [1.54, 1.807) is 0 Å². The van der Waals surface area contributed by atoms with E-state index in [0.29, 0.717) is 0 Å². The number of hydrogen-bond donors (Lipinski definition) is 1. The van der Waals surface area contributed by atoms with Gasteiger partial charge < -0.3 is 19.7 Å². The molecule has 0 saturated heterocycles. The summed E-state index contributed by atoms with van der Waals surface area (Å²) >= 11 is 0. The third-order valence-electron chi connectivity index (χ3n) is 11.5. The molecule has 0 atom stereocenters. The molecule has 0 bridgehead atoms. The molecule has 0 spiro atoms. The minimum absolute atomic E-state index is 0.797. The van der Waals surface area contributed by atoms with Gasteiger partial charge in [0.25, 0.3) is 0 Å². The minimum atomic E-state index is 0.797. The Morgan fingerprint density at radius 1 is 0.390 bits per heavy atom. The van der Waals surface area contributed by atoms with Gasteiger partial charge in [-0.15, -0.1) is 0 Å². The Bertz CT molecular complexity index is 3020. The first-order chi connectivity index (χ1) is 29.3. The summed E-state index contributed by atoms with van der Waals surface area (Å²) in [5, 5.41) is 6.41. The van der Waals surface area contributed by atoms with Crippen molar-refractivity contribution < 1.29 is 0 Å². The second-order valence-electron chi connectivity index (χ2n) is 15.1. The van der Waals surface area contributed by atoms with Crippen LogP contribution < -0.4 is 26.0 Å². The third kappa shape index (κ3) is 6.12. The van der Waals surface area contributed by atoms with Gasteiger partial charge in [-0.2, -0.15) is 0 Å². The summed E-state index contributed by atoms with van der Waals surface area (Å²) in [4.78, 5) is 4.74. The topological polar surface area (TPSA) is 23.4 Å². The second kappa shape index (κ2) is 14.6. The van der Waals surface area contributed by atoms with Gasteiger partial charge in [-0.3, -0.25) is 0 Å². The Balaban J connectivity index is 1.24. The summed E-state index contributed by atoms with van der Waals surface area (Å²) in [6, 6.07) is 80.7. The van der Waals surface area contributed by atoms with Crippen molar-refractivity contribution in [2.24, 2.45) is 0 Å². The SMILES string of the molecule is B1c2c(-c3cc(N(c4ccccc4)c4ccccc4)ccc3Nc3ccccc3)cc(N(c3ccccc3)c3ccccc3)cc2-n2c3ccccc3c3cccc1c32. The van der Waals surface area contributed by atoms with Crippen molar-refractivity contribution in [1.82, 2.24) is 4.57 Å². The summed E-state index contributed by atoms with van der Waals surface area (Å²) < 4.78 is 2.52. The molecule has 10 aromatic rings. The molecule has 4 nitrogen and oxygen atoms in total. The van der Waals surface area contributed by atoms with Crippen molar-refractivity contribution in [3.63, 3.8) is 0 Å². The summed E-state index contributed by atoms with van der Waals surface area (Å²) in [7, 11) is 0.797. The molecule has 1 N–H and O–H groups in total. The molecule has 59 heavy (non-hydrogen) atoms. The van der Waals surface area contributed by atoms with E-state index in [0.717, 1.165) is 58.3 Å². The van der Waals surface area contributed by atoms with E-state index >= 15 is 0 Å². The molecule has 0 radical (unpaired) electrons. The highest BCUT2D eigenvalue weighted by Gasteiger charge is 2.29. The summed E-state index contributed by atoms with van der Waals surface area (Å²) in [6.45, 7) is 0. The maximum atomic E-state index is 3.86. The maximum Gasteiger partial charge on any atom is 0.198 e. The van der Waals surface area contributed by atoms with Gasteiger partial charge >= 0.3 is 0 Å². The number of nitrogens with zero attached hydrogens (tertiary/aromatic N) is 3. The van der Waals surface area contributed by atoms with E-state index < -0.39 is 0 Å². The normalized spacial score (nSPS) is 11.5. The van der Waals surface area contributed by atoms with Crippen LogP contribution in [0.25, 0.3) is 38.6 Å². The molecule has 1 aliphatic heterocycles. The zero-order valence-corrected chi connectivity index (χ0v) is 32.4. The Morgan fingerprint density at radius 3 is 1.51 bits per heavy atom. The van der Waals surface area contributed by atoms with Gasteiger partial charge in [-0.1, -0.05) is 133 Å². The molecule has 0 unspecified atom stereocenters. The average molecular weight is 755 g/mol. The van der Waals surface area contributed by atoms with Crippen molar-refractivity contribution in [2.45, 2.75) is 0 Å². The number of aromatic nitrogens is 1. The largest absolute Gasteiger partial charge is 0.355 e. The molecular formula is C54H39BN4. The molecular weight excluding hydrogens is 715 g/mol. The first-order valence-electron chi connectivity index (χ1n) is 20.2. The van der Waals surface area contributed by atoms with Crippen LogP contribution in [-0.2, 0) is 0 Å². The standard InChI is InChI=1S/C54H39BN4/c1-6-19-38(20-7-1)56-50-34-33-43(57(39-21-8-2-9-22-39)40-23-10-3-11-24-40)35-47(50)48-36-44(58(41-25-12-4-13-26-41)42-27-14-5-15-28-42)37-52-53(48)55-49-31-18-30-46-45-29-16-17-32-51(45)59(52)54(46)49/h1-37,55-56H. The van der Waals surface area contributed by atoms with Crippen LogP contribution in [0.15, 0.2) is 224 Å². The lowest BCUT2D eigenvalue weighted by Crippen LogP contribution is -2.37. The quantitative estimate of drug-likeness (QED) is 0.148. The van der Waals surface area contributed by atoms with Crippen LogP contribution in [0.5, 0.6) is 0 Å². The minimum Gasteiger partial charge on any atom is -0.355 e. The fourth-order valence-electron chi connectivity index (χ4n) is 8.95. The molecule has 11 rings (SSSR count). The Morgan fingerprint density at radius 2 is 0.898 bits per heavy atom. The van der Waals surface area contributed by atoms with Gasteiger partial charge in [0.2, 0.25) is 0 Å². The molecule has 1 aliphatic rings. The first kappa shape index (κ1) is 34.5. The molecule has 0 aliphatic carbocycles. The van der Waals surface area contributed by atoms with Crippen LogP contribution in [0, 0.1) is 0 Å². The lowest BCUT2D eigenvalue weighted by Gasteiger charge is -2.31. The van der Waals surface area contributed by atoms with Gasteiger partial charge in [-0.25, -0.2) is 0 Å². The van der Waals surface area contributed by atoms with Crippen LogP contribution in [0.1, 0.15) is 0 Å². The van der Waals surface area contributed by atoms with Crippen LogP contribution >= 0.6 is 0 Å². The zero-order chi connectivity index (χ0) is 39.1. The predicted octanol–water partition coefficient (Wildman–Crippen LogP) is 12.8. The Hall–Kier alpha value is -7.76. The Labute approximate surface area is 345 Å². The van der Waals surface area contributed by atoms with E-state index in [1.165, 1.54) is 44.0 Å². The number of rotatable bonds is 9. The highest BCUT2D eigenvalue weighted by molar-refractivity contribution is 6.73. The molecule has 0 amide bonds. The van der Waals surface area contributed by atoms with Crippen LogP contribution in [0.4, 0.5) is 45.5 Å². The van der Waals surface area contributed by atoms with E-state index in [1.807, 2.05) is 0 Å². The van der Waals surface area contributed by atoms with Gasteiger partial charge in [0.15, 0.2) is 7.28 Å². The Kier molecular flexibility index (Phi) is 8.56. The summed E-state index contributed by atoms with van der Waals surface area (Å²) in [6.07, 6.45) is 0. The van der Waals surface area contributed by atoms with E-state index in [-0.39, 0.29) is 0 Å². The lowest BCUT2D eigenvalue weighted by atomic mass is 9.59. The summed E-state index contributed by atoms with van der Waals surface area (Å²) in [5.74, 6) is 0. The van der Waals surface area contributed by atoms with E-state index in [4.69, 9.17) is 0 Å². The molecule has 1 aromatic heterocycles. The molecule has 278 valence electrons. The second-order valence-corrected chi connectivity index (χ2v) is 15.1. The van der Waals surface area contributed by atoms with Crippen molar-refractivity contribution in [3.05, 3.63) is 224 Å². The number of anilines is 8. The molecule has 2 heterocycles. The highest BCUT2D eigenvalue weighted by Crippen LogP contribution is 2.44.